The van der Waals surface area contributed by atoms with E-state index in [1.807, 2.05) is 25.3 Å². The molecule has 0 aliphatic carbocycles. The molecule has 0 atom stereocenters. The van der Waals surface area contributed by atoms with E-state index in [9.17, 15) is 9.18 Å². The fraction of sp³-hybridized carbons (Fsp3) is 0.294. The Morgan fingerprint density at radius 1 is 1.42 bits per heavy atom. The molecule has 0 aliphatic rings. The summed E-state index contributed by atoms with van der Waals surface area (Å²) in [5, 5.41) is 7.64. The molecule has 1 aromatic carbocycles. The van der Waals surface area contributed by atoms with Gasteiger partial charge in [0.2, 0.25) is 0 Å². The lowest BCUT2D eigenvalue weighted by atomic mass is 10.1. The molecule has 0 aliphatic heterocycles. The zero-order chi connectivity index (χ0) is 17.1. The van der Waals surface area contributed by atoms with Gasteiger partial charge in [-0.1, -0.05) is 6.07 Å². The van der Waals surface area contributed by atoms with Crippen LogP contribution in [0.1, 0.15) is 27.9 Å². The molecule has 1 N–H and O–H groups in total. The molecule has 0 unspecified atom stereocenters. The fourth-order valence-corrected chi connectivity index (χ4v) is 3.70. The Morgan fingerprint density at radius 3 is 2.96 bits per heavy atom. The van der Waals surface area contributed by atoms with Crippen LogP contribution in [0.3, 0.4) is 0 Å². The van der Waals surface area contributed by atoms with Gasteiger partial charge in [0.25, 0.3) is 5.91 Å². The third-order valence-electron chi connectivity index (χ3n) is 3.71. The SMILES string of the molecule is CCn1ccc(CNC(=O)c2sc3cccc(F)c3c2COC)n1. The molecule has 24 heavy (non-hydrogen) atoms. The maximum atomic E-state index is 14.1. The first-order chi connectivity index (χ1) is 11.6. The first-order valence-electron chi connectivity index (χ1n) is 7.63. The van der Waals surface area contributed by atoms with Crippen molar-refractivity contribution in [2.75, 3.05) is 7.11 Å². The third kappa shape index (κ3) is 3.18. The number of halogens is 1. The van der Waals surface area contributed by atoms with Gasteiger partial charge in [0.1, 0.15) is 5.82 Å². The summed E-state index contributed by atoms with van der Waals surface area (Å²) in [6.45, 7) is 3.29. The number of fused-ring (bicyclic) bond motifs is 1. The number of hydrogen-bond donors (Lipinski definition) is 1. The van der Waals surface area contributed by atoms with Crippen molar-refractivity contribution < 1.29 is 13.9 Å². The van der Waals surface area contributed by atoms with Gasteiger partial charge >= 0.3 is 0 Å². The molecule has 7 heteroatoms. The van der Waals surface area contributed by atoms with Crippen molar-refractivity contribution in [3.63, 3.8) is 0 Å². The number of thiophene rings is 1. The predicted octanol–water partition coefficient (Wildman–Crippen LogP) is 3.33. The highest BCUT2D eigenvalue weighted by Crippen LogP contribution is 2.33. The Balaban J connectivity index is 1.86. The zero-order valence-corrected chi connectivity index (χ0v) is 14.3. The van der Waals surface area contributed by atoms with Gasteiger partial charge in [-0.15, -0.1) is 11.3 Å². The third-order valence-corrected chi connectivity index (χ3v) is 4.90. The summed E-state index contributed by atoms with van der Waals surface area (Å²) in [6, 6.07) is 6.71. The van der Waals surface area contributed by atoms with Gasteiger partial charge in [-0.05, 0) is 25.1 Å². The number of ether oxygens (including phenoxy) is 1. The molecule has 2 aromatic heterocycles. The van der Waals surface area contributed by atoms with Crippen LogP contribution in [-0.4, -0.2) is 22.8 Å². The molecular formula is C17H18FN3O2S. The minimum absolute atomic E-state index is 0.189. The van der Waals surface area contributed by atoms with E-state index >= 15 is 0 Å². The number of aryl methyl sites for hydroxylation is 1. The highest BCUT2D eigenvalue weighted by molar-refractivity contribution is 7.21. The second kappa shape index (κ2) is 7.11. The van der Waals surface area contributed by atoms with E-state index in [0.717, 1.165) is 16.9 Å². The van der Waals surface area contributed by atoms with Gasteiger partial charge in [0.15, 0.2) is 0 Å². The van der Waals surface area contributed by atoms with Gasteiger partial charge in [0, 0.05) is 35.5 Å². The van der Waals surface area contributed by atoms with Crippen molar-refractivity contribution in [2.24, 2.45) is 0 Å². The number of methoxy groups -OCH3 is 1. The molecule has 0 fully saturated rings. The molecule has 1 amide bonds. The van der Waals surface area contributed by atoms with Crippen molar-refractivity contribution in [1.29, 1.82) is 0 Å². The predicted molar refractivity (Wildman–Crippen MR) is 91.6 cm³/mol. The van der Waals surface area contributed by atoms with Crippen molar-refractivity contribution in [2.45, 2.75) is 26.6 Å². The quantitative estimate of drug-likeness (QED) is 0.744. The van der Waals surface area contributed by atoms with Crippen LogP contribution in [0.5, 0.6) is 0 Å². The van der Waals surface area contributed by atoms with Crippen LogP contribution >= 0.6 is 11.3 Å². The summed E-state index contributed by atoms with van der Waals surface area (Å²) in [5.41, 5.74) is 1.37. The second-order valence-electron chi connectivity index (χ2n) is 5.30. The molecular weight excluding hydrogens is 329 g/mol. The number of carbonyl (C=O) groups is 1. The molecule has 126 valence electrons. The smallest absolute Gasteiger partial charge is 0.262 e. The Kier molecular flexibility index (Phi) is 4.92. The number of aromatic nitrogens is 2. The summed E-state index contributed by atoms with van der Waals surface area (Å²) >= 11 is 1.27. The largest absolute Gasteiger partial charge is 0.380 e. The maximum absolute atomic E-state index is 14.1. The lowest BCUT2D eigenvalue weighted by Crippen LogP contribution is -2.23. The van der Waals surface area contributed by atoms with E-state index < -0.39 is 0 Å². The van der Waals surface area contributed by atoms with Crippen LogP contribution < -0.4 is 5.32 Å². The summed E-state index contributed by atoms with van der Waals surface area (Å²) in [7, 11) is 1.53. The monoisotopic (exact) mass is 347 g/mol. The standard InChI is InChI=1S/C17H18FN3O2S/c1-3-21-8-7-11(20-21)9-19-17(22)16-12(10-23-2)15-13(18)5-4-6-14(15)24-16/h4-8H,3,9-10H2,1-2H3,(H,19,22). The molecule has 5 nitrogen and oxygen atoms in total. The van der Waals surface area contributed by atoms with E-state index in [0.29, 0.717) is 22.4 Å². The second-order valence-corrected chi connectivity index (χ2v) is 6.35. The molecule has 3 aromatic rings. The number of nitrogens with one attached hydrogen (secondary N) is 1. The number of rotatable bonds is 6. The van der Waals surface area contributed by atoms with E-state index in [4.69, 9.17) is 4.74 Å². The summed E-state index contributed by atoms with van der Waals surface area (Å²) in [4.78, 5) is 13.0. The van der Waals surface area contributed by atoms with Gasteiger partial charge in [0.05, 0.1) is 23.7 Å². The lowest BCUT2D eigenvalue weighted by Gasteiger charge is -2.05. The normalized spacial score (nSPS) is 11.1. The van der Waals surface area contributed by atoms with Crippen molar-refractivity contribution in [3.05, 3.63) is 52.4 Å². The molecule has 0 spiro atoms. The highest BCUT2D eigenvalue weighted by atomic mass is 32.1. The molecule has 0 radical (unpaired) electrons. The van der Waals surface area contributed by atoms with Crippen LogP contribution in [0, 0.1) is 5.82 Å². The molecule has 0 bridgehead atoms. The molecule has 0 saturated heterocycles. The maximum Gasteiger partial charge on any atom is 0.262 e. The number of nitrogens with zero attached hydrogens (tertiary/aromatic N) is 2. The lowest BCUT2D eigenvalue weighted by molar-refractivity contribution is 0.0950. The minimum Gasteiger partial charge on any atom is -0.380 e. The molecule has 3 rings (SSSR count). The fourth-order valence-electron chi connectivity index (χ4n) is 2.56. The minimum atomic E-state index is -0.337. The van der Waals surface area contributed by atoms with Crippen LogP contribution in [-0.2, 0) is 24.4 Å². The van der Waals surface area contributed by atoms with Crippen LogP contribution in [0.4, 0.5) is 4.39 Å². The Bertz CT molecular complexity index is 872. The van der Waals surface area contributed by atoms with Crippen LogP contribution in [0.2, 0.25) is 0 Å². The average molecular weight is 347 g/mol. The number of benzene rings is 1. The van der Waals surface area contributed by atoms with Crippen molar-refractivity contribution in [3.8, 4) is 0 Å². The Hall–Kier alpha value is -2.25. The Labute approximate surface area is 143 Å². The first kappa shape index (κ1) is 16.6. The van der Waals surface area contributed by atoms with E-state index in [-0.39, 0.29) is 18.3 Å². The average Bonchev–Trinajstić information content (AvgIpc) is 3.18. The van der Waals surface area contributed by atoms with Gasteiger partial charge < -0.3 is 10.1 Å². The van der Waals surface area contributed by atoms with Crippen molar-refractivity contribution >= 4 is 27.3 Å². The number of amides is 1. The van der Waals surface area contributed by atoms with Crippen molar-refractivity contribution in [1.82, 2.24) is 15.1 Å². The van der Waals surface area contributed by atoms with Gasteiger partial charge in [-0.2, -0.15) is 5.10 Å². The number of hydrogen-bond acceptors (Lipinski definition) is 4. The van der Waals surface area contributed by atoms with E-state index in [1.165, 1.54) is 24.5 Å². The van der Waals surface area contributed by atoms with E-state index in [1.54, 1.807) is 10.7 Å². The van der Waals surface area contributed by atoms with E-state index in [2.05, 4.69) is 10.4 Å². The summed E-state index contributed by atoms with van der Waals surface area (Å²) in [6.07, 6.45) is 1.87. The number of carbonyl (C=O) groups excluding carboxylic acids is 1. The topological polar surface area (TPSA) is 56.2 Å². The van der Waals surface area contributed by atoms with Gasteiger partial charge in [-0.3, -0.25) is 9.48 Å². The first-order valence-corrected chi connectivity index (χ1v) is 8.45. The molecule has 2 heterocycles. The molecule has 0 saturated carbocycles. The zero-order valence-electron chi connectivity index (χ0n) is 13.5. The Morgan fingerprint density at radius 2 is 2.25 bits per heavy atom. The van der Waals surface area contributed by atoms with Crippen LogP contribution in [0.25, 0.3) is 10.1 Å². The van der Waals surface area contributed by atoms with Crippen LogP contribution in [0.15, 0.2) is 30.5 Å². The highest BCUT2D eigenvalue weighted by Gasteiger charge is 2.20. The van der Waals surface area contributed by atoms with Gasteiger partial charge in [-0.25, -0.2) is 4.39 Å². The summed E-state index contributed by atoms with van der Waals surface area (Å²) in [5.74, 6) is -0.578. The summed E-state index contributed by atoms with van der Waals surface area (Å²) < 4.78 is 21.8.